The van der Waals surface area contributed by atoms with Gasteiger partial charge >= 0.3 is 0 Å². The van der Waals surface area contributed by atoms with Crippen LogP contribution in [0.2, 0.25) is 0 Å². The molecule has 5 atom stereocenters. The molecular formula is C29H35NO5S2. The van der Waals surface area contributed by atoms with Crippen molar-refractivity contribution in [3.63, 3.8) is 0 Å². The molecule has 0 aliphatic carbocycles. The zero-order valence-corrected chi connectivity index (χ0v) is 22.9. The molecule has 3 heterocycles. The number of thiophene rings is 1. The second-order valence-corrected chi connectivity index (χ2v) is 12.0. The molecule has 2 saturated heterocycles. The van der Waals surface area contributed by atoms with Crippen molar-refractivity contribution in [1.29, 1.82) is 0 Å². The average Bonchev–Trinajstić information content (AvgIpc) is 3.38. The fraction of sp³-hybridized carbons (Fsp3) is 0.448. The number of hydrogen-bond acceptors (Lipinski definition) is 8. The molecule has 2 fully saturated rings. The van der Waals surface area contributed by atoms with E-state index in [2.05, 4.69) is 54.3 Å². The quantitative estimate of drug-likeness (QED) is 0.417. The second-order valence-electron chi connectivity index (χ2n) is 9.85. The Balaban J connectivity index is 1.31. The zero-order chi connectivity index (χ0) is 25.9. The van der Waals surface area contributed by atoms with Crippen LogP contribution in [0.15, 0.2) is 54.6 Å². The third-order valence-corrected chi connectivity index (χ3v) is 9.24. The highest BCUT2D eigenvalue weighted by molar-refractivity contribution is 7.99. The van der Waals surface area contributed by atoms with Crippen molar-refractivity contribution in [3.8, 4) is 10.4 Å². The van der Waals surface area contributed by atoms with Crippen LogP contribution in [0.3, 0.4) is 0 Å². The summed E-state index contributed by atoms with van der Waals surface area (Å²) in [6, 6.07) is 19.2. The minimum atomic E-state index is -1.25. The van der Waals surface area contributed by atoms with Crippen LogP contribution in [-0.2, 0) is 22.4 Å². The molecule has 3 N–H and O–H groups in total. The molecule has 6 nitrogen and oxygen atoms in total. The third-order valence-electron chi connectivity index (χ3n) is 7.25. The summed E-state index contributed by atoms with van der Waals surface area (Å²) in [6.45, 7) is 6.60. The topological polar surface area (TPSA) is 82.4 Å². The van der Waals surface area contributed by atoms with E-state index in [-0.39, 0.29) is 0 Å². The van der Waals surface area contributed by atoms with Crippen molar-refractivity contribution >= 4 is 23.1 Å². The molecule has 8 heteroatoms. The van der Waals surface area contributed by atoms with Crippen LogP contribution < -0.4 is 0 Å². The SMILES string of the molecule is CSC1OC(c2ccc(C)c(Cc3ccc(-c4cccc(CN5CCOCC5)c4)s3)c2)C(O)C(O)C1O. The second kappa shape index (κ2) is 12.0. The summed E-state index contributed by atoms with van der Waals surface area (Å²) in [6.07, 6.45) is -1.65. The summed E-state index contributed by atoms with van der Waals surface area (Å²) < 4.78 is 11.5. The molecule has 2 aliphatic rings. The molecule has 0 saturated carbocycles. The predicted molar refractivity (Wildman–Crippen MR) is 149 cm³/mol. The monoisotopic (exact) mass is 541 g/mol. The number of nitrogens with zero attached hydrogens (tertiary/aromatic N) is 1. The maximum absolute atomic E-state index is 10.6. The first-order valence-corrected chi connectivity index (χ1v) is 14.8. The molecule has 198 valence electrons. The highest BCUT2D eigenvalue weighted by atomic mass is 32.2. The molecular weight excluding hydrogens is 506 g/mol. The molecule has 0 radical (unpaired) electrons. The van der Waals surface area contributed by atoms with Gasteiger partial charge in [0.05, 0.1) is 13.2 Å². The predicted octanol–water partition coefficient (Wildman–Crippen LogP) is 3.99. The number of benzene rings is 2. The standard InChI is InChI=1S/C29H35NO5S2/c1-18-6-7-21(28-26(32)25(31)27(33)29(35-28)36-2)15-22(18)16-23-8-9-24(37-23)20-5-3-4-19(14-20)17-30-10-12-34-13-11-30/h3-9,14-15,25-29,31-33H,10-13,16-17H2,1-2H3. The Labute approximate surface area is 226 Å². The van der Waals surface area contributed by atoms with Gasteiger partial charge in [0.2, 0.25) is 0 Å². The molecule has 0 amide bonds. The maximum Gasteiger partial charge on any atom is 0.132 e. The summed E-state index contributed by atoms with van der Waals surface area (Å²) in [4.78, 5) is 4.95. The Morgan fingerprint density at radius 2 is 1.78 bits per heavy atom. The highest BCUT2D eigenvalue weighted by Gasteiger charge is 2.44. The lowest BCUT2D eigenvalue weighted by molar-refractivity contribution is -0.200. The lowest BCUT2D eigenvalue weighted by Gasteiger charge is -2.40. The van der Waals surface area contributed by atoms with Crippen LogP contribution >= 0.6 is 23.1 Å². The van der Waals surface area contributed by atoms with Gasteiger partial charge in [0, 0.05) is 35.8 Å². The van der Waals surface area contributed by atoms with E-state index >= 15 is 0 Å². The van der Waals surface area contributed by atoms with E-state index in [1.807, 2.05) is 18.4 Å². The number of aliphatic hydroxyl groups is 3. The van der Waals surface area contributed by atoms with Crippen molar-refractivity contribution in [2.24, 2.45) is 0 Å². The molecule has 5 unspecified atom stereocenters. The van der Waals surface area contributed by atoms with Gasteiger partial charge in [-0.15, -0.1) is 23.1 Å². The van der Waals surface area contributed by atoms with Crippen LogP contribution in [0.25, 0.3) is 10.4 Å². The van der Waals surface area contributed by atoms with E-state index in [0.717, 1.165) is 50.4 Å². The Morgan fingerprint density at radius 3 is 2.57 bits per heavy atom. The van der Waals surface area contributed by atoms with Gasteiger partial charge in [0.15, 0.2) is 0 Å². The number of rotatable bonds is 7. The summed E-state index contributed by atoms with van der Waals surface area (Å²) in [5, 5.41) is 31.2. The first-order valence-electron chi connectivity index (χ1n) is 12.7. The minimum absolute atomic E-state index is 0.591. The van der Waals surface area contributed by atoms with Crippen molar-refractivity contribution in [2.45, 2.75) is 49.7 Å². The van der Waals surface area contributed by atoms with Crippen molar-refractivity contribution < 1.29 is 24.8 Å². The van der Waals surface area contributed by atoms with Crippen LogP contribution in [-0.4, -0.2) is 76.5 Å². The molecule has 0 bridgehead atoms. The fourth-order valence-corrected chi connectivity index (χ4v) is 6.73. The first-order chi connectivity index (χ1) is 17.9. The Morgan fingerprint density at radius 1 is 0.973 bits per heavy atom. The van der Waals surface area contributed by atoms with Gasteiger partial charge in [-0.2, -0.15) is 0 Å². The van der Waals surface area contributed by atoms with Gasteiger partial charge in [-0.1, -0.05) is 36.4 Å². The summed E-state index contributed by atoms with van der Waals surface area (Å²) in [5.74, 6) is 0. The van der Waals surface area contributed by atoms with Gasteiger partial charge in [-0.05, 0) is 59.2 Å². The summed E-state index contributed by atoms with van der Waals surface area (Å²) >= 11 is 3.13. The Kier molecular flexibility index (Phi) is 8.68. The summed E-state index contributed by atoms with van der Waals surface area (Å²) in [7, 11) is 0. The molecule has 37 heavy (non-hydrogen) atoms. The zero-order valence-electron chi connectivity index (χ0n) is 21.2. The van der Waals surface area contributed by atoms with Crippen LogP contribution in [0.5, 0.6) is 0 Å². The number of morpholine rings is 1. The number of ether oxygens (including phenoxy) is 2. The van der Waals surface area contributed by atoms with Gasteiger partial charge in [0.1, 0.15) is 29.9 Å². The van der Waals surface area contributed by atoms with Gasteiger partial charge in [-0.25, -0.2) is 0 Å². The van der Waals surface area contributed by atoms with E-state index < -0.39 is 29.9 Å². The number of thioether (sulfide) groups is 1. The van der Waals surface area contributed by atoms with Gasteiger partial charge in [-0.3, -0.25) is 4.90 Å². The fourth-order valence-electron chi connectivity index (χ4n) is 5.03. The van der Waals surface area contributed by atoms with Crippen molar-refractivity contribution in [1.82, 2.24) is 4.90 Å². The van der Waals surface area contributed by atoms with Crippen LogP contribution in [0.1, 0.15) is 33.2 Å². The van der Waals surface area contributed by atoms with Crippen molar-refractivity contribution in [3.05, 3.63) is 81.7 Å². The van der Waals surface area contributed by atoms with E-state index in [0.29, 0.717) is 0 Å². The molecule has 1 aromatic heterocycles. The molecule has 2 aliphatic heterocycles. The smallest absolute Gasteiger partial charge is 0.132 e. The highest BCUT2D eigenvalue weighted by Crippen LogP contribution is 2.37. The van der Waals surface area contributed by atoms with Crippen molar-refractivity contribution in [2.75, 3.05) is 32.6 Å². The summed E-state index contributed by atoms with van der Waals surface area (Å²) in [5.41, 5.74) is 5.10. The third kappa shape index (κ3) is 6.13. The number of aryl methyl sites for hydroxylation is 1. The minimum Gasteiger partial charge on any atom is -0.387 e. The largest absolute Gasteiger partial charge is 0.387 e. The van der Waals surface area contributed by atoms with Gasteiger partial charge < -0.3 is 24.8 Å². The lowest BCUT2D eigenvalue weighted by Crippen LogP contribution is -2.52. The normalized spacial score (nSPS) is 26.9. The lowest BCUT2D eigenvalue weighted by atomic mass is 9.92. The number of aliphatic hydroxyl groups excluding tert-OH is 3. The van der Waals surface area contributed by atoms with Crippen LogP contribution in [0.4, 0.5) is 0 Å². The van der Waals surface area contributed by atoms with E-state index in [9.17, 15) is 15.3 Å². The Bertz CT molecular complexity index is 1190. The maximum atomic E-state index is 10.6. The molecule has 2 aromatic carbocycles. The van der Waals surface area contributed by atoms with E-state index in [1.54, 1.807) is 11.3 Å². The van der Waals surface area contributed by atoms with E-state index in [4.69, 9.17) is 9.47 Å². The average molecular weight is 542 g/mol. The molecule has 3 aromatic rings. The number of hydrogen-bond donors (Lipinski definition) is 3. The molecule has 0 spiro atoms. The molecule has 5 rings (SSSR count). The van der Waals surface area contributed by atoms with Crippen LogP contribution in [0, 0.1) is 6.92 Å². The van der Waals surface area contributed by atoms with Gasteiger partial charge in [0.25, 0.3) is 0 Å². The Hall–Kier alpha value is -1.75. The van der Waals surface area contributed by atoms with E-state index in [1.165, 1.54) is 38.2 Å². The first kappa shape index (κ1) is 26.8.